The van der Waals surface area contributed by atoms with Crippen LogP contribution in [0.4, 0.5) is 11.4 Å². The molecule has 1 saturated heterocycles. The highest BCUT2D eigenvalue weighted by Crippen LogP contribution is 2.42. The summed E-state index contributed by atoms with van der Waals surface area (Å²) in [4.78, 5) is 26.7. The van der Waals surface area contributed by atoms with E-state index in [-0.39, 0.29) is 23.8 Å². The monoisotopic (exact) mass is 446 g/mol. The lowest BCUT2D eigenvalue weighted by Gasteiger charge is -2.23. The molecule has 1 atom stereocenters. The molecule has 2 aliphatic heterocycles. The van der Waals surface area contributed by atoms with Crippen molar-refractivity contribution in [1.29, 1.82) is 0 Å². The highest BCUT2D eigenvalue weighted by molar-refractivity contribution is 8.08. The lowest BCUT2D eigenvalue weighted by Crippen LogP contribution is -2.31. The van der Waals surface area contributed by atoms with Crippen LogP contribution >= 0.6 is 11.8 Å². The predicted octanol–water partition coefficient (Wildman–Crippen LogP) is 4.65. The van der Waals surface area contributed by atoms with E-state index in [0.29, 0.717) is 0 Å². The number of benzene rings is 2. The van der Waals surface area contributed by atoms with E-state index in [2.05, 4.69) is 40.6 Å². The summed E-state index contributed by atoms with van der Waals surface area (Å²) in [7, 11) is 0. The summed E-state index contributed by atoms with van der Waals surface area (Å²) in [6.07, 6.45) is 5.91. The Balaban J connectivity index is 1.43. The minimum absolute atomic E-state index is 0.0166. The number of fused-ring (bicyclic) bond motifs is 1. The van der Waals surface area contributed by atoms with E-state index in [0.717, 1.165) is 63.7 Å². The normalized spacial score (nSPS) is 22.0. The first-order valence-electron chi connectivity index (χ1n) is 11.1. The molecule has 1 saturated carbocycles. The predicted molar refractivity (Wildman–Crippen MR) is 129 cm³/mol. The zero-order chi connectivity index (χ0) is 22.1. The first-order chi connectivity index (χ1) is 15.6. The summed E-state index contributed by atoms with van der Waals surface area (Å²) < 4.78 is 0. The molecule has 1 aliphatic carbocycles. The number of hydrogen-bond donors (Lipinski definition) is 4. The van der Waals surface area contributed by atoms with E-state index >= 15 is 0 Å². The second kappa shape index (κ2) is 8.84. The zero-order valence-electron chi connectivity index (χ0n) is 17.9. The highest BCUT2D eigenvalue weighted by atomic mass is 32.2. The van der Waals surface area contributed by atoms with Gasteiger partial charge in [-0.2, -0.15) is 0 Å². The van der Waals surface area contributed by atoms with Gasteiger partial charge in [0.2, 0.25) is 5.91 Å². The fourth-order valence-electron chi connectivity index (χ4n) is 4.02. The van der Waals surface area contributed by atoms with Gasteiger partial charge in [0.15, 0.2) is 0 Å². The number of para-hydroxylation sites is 1. The number of allylic oxidation sites excluding steroid dienone is 1. The number of carbonyl (C=O) groups excluding carboxylic acids is 2. The van der Waals surface area contributed by atoms with Crippen LogP contribution in [-0.2, 0) is 9.59 Å². The molecular formula is C25H26N4O2S. The van der Waals surface area contributed by atoms with Crippen LogP contribution in [0.25, 0.3) is 4.91 Å². The molecule has 3 aliphatic rings. The van der Waals surface area contributed by atoms with Gasteiger partial charge in [0.05, 0.1) is 17.3 Å². The summed E-state index contributed by atoms with van der Waals surface area (Å²) in [5.74, 6) is 0.217. The number of rotatable bonds is 6. The van der Waals surface area contributed by atoms with Gasteiger partial charge in [-0.1, -0.05) is 43.3 Å². The van der Waals surface area contributed by atoms with Gasteiger partial charge in [-0.05, 0) is 55.7 Å². The molecule has 32 heavy (non-hydrogen) atoms. The van der Waals surface area contributed by atoms with Gasteiger partial charge in [0.1, 0.15) is 0 Å². The van der Waals surface area contributed by atoms with E-state index in [1.165, 1.54) is 0 Å². The molecule has 2 amide bonds. The smallest absolute Gasteiger partial charge is 0.265 e. The first-order valence-corrected chi connectivity index (χ1v) is 11.9. The molecule has 0 radical (unpaired) electrons. The molecule has 0 aromatic heterocycles. The molecule has 4 N–H and O–H groups in total. The van der Waals surface area contributed by atoms with Crippen LogP contribution in [0.3, 0.4) is 0 Å². The van der Waals surface area contributed by atoms with Gasteiger partial charge in [-0.15, -0.1) is 0 Å². The van der Waals surface area contributed by atoms with Crippen LogP contribution in [-0.4, -0.2) is 17.9 Å². The average molecular weight is 447 g/mol. The Hall–Kier alpha value is -3.03. The van der Waals surface area contributed by atoms with Crippen molar-refractivity contribution in [3.8, 4) is 0 Å². The van der Waals surface area contributed by atoms with E-state index < -0.39 is 0 Å². The summed E-state index contributed by atoms with van der Waals surface area (Å²) in [6, 6.07) is 16.1. The van der Waals surface area contributed by atoms with Crippen LogP contribution in [0.5, 0.6) is 0 Å². The number of hydrogen-bond acceptors (Lipinski definition) is 5. The lowest BCUT2D eigenvalue weighted by atomic mass is 9.98. The van der Waals surface area contributed by atoms with E-state index in [1.807, 2.05) is 42.5 Å². The maximum absolute atomic E-state index is 12.6. The van der Waals surface area contributed by atoms with E-state index in [9.17, 15) is 9.59 Å². The molecule has 0 bridgehead atoms. The minimum Gasteiger partial charge on any atom is -0.355 e. The molecule has 2 fully saturated rings. The summed E-state index contributed by atoms with van der Waals surface area (Å²) in [5, 5.41) is 6.45. The maximum atomic E-state index is 12.6. The lowest BCUT2D eigenvalue weighted by molar-refractivity contribution is -0.117. The van der Waals surface area contributed by atoms with Crippen LogP contribution in [0.2, 0.25) is 0 Å². The largest absolute Gasteiger partial charge is 0.355 e. The number of nitrogens with one attached hydrogen (secondary N) is 4. The molecule has 6 nitrogen and oxygen atoms in total. The summed E-state index contributed by atoms with van der Waals surface area (Å²) in [5.41, 5.74) is 10.4. The Morgan fingerprint density at radius 1 is 1.12 bits per heavy atom. The number of thioether (sulfide) groups is 1. The third kappa shape index (κ3) is 4.31. The quantitative estimate of drug-likeness (QED) is 0.486. The van der Waals surface area contributed by atoms with Crippen molar-refractivity contribution in [2.45, 2.75) is 43.5 Å². The molecule has 5 rings (SSSR count). The van der Waals surface area contributed by atoms with Crippen molar-refractivity contribution < 1.29 is 9.59 Å². The van der Waals surface area contributed by atoms with Crippen LogP contribution in [0.1, 0.15) is 38.2 Å². The molecule has 2 aromatic carbocycles. The molecule has 2 aromatic rings. The van der Waals surface area contributed by atoms with Crippen molar-refractivity contribution in [3.63, 3.8) is 0 Å². The summed E-state index contributed by atoms with van der Waals surface area (Å²) >= 11 is 1.65. The molecule has 1 unspecified atom stereocenters. The fourth-order valence-corrected chi connectivity index (χ4v) is 5.01. The molecule has 7 heteroatoms. The molecule has 164 valence electrons. The topological polar surface area (TPSA) is 82.3 Å². The average Bonchev–Trinajstić information content (AvgIpc) is 3.59. The molecular weight excluding hydrogens is 420 g/mol. The fraction of sp³-hybridized carbons (Fsp3) is 0.280. The van der Waals surface area contributed by atoms with Gasteiger partial charge < -0.3 is 10.6 Å². The van der Waals surface area contributed by atoms with Gasteiger partial charge in [0.25, 0.3) is 5.91 Å². The van der Waals surface area contributed by atoms with Crippen molar-refractivity contribution in [2.75, 3.05) is 10.6 Å². The standard InChI is InChI=1S/C25H26N4O2S/c1-2-5-20-23(25(31)29-28-20)21-14-22(18-6-3-4-7-19(18)27-21)32-17-12-10-16(11-13-17)26-24(30)15-8-9-15/h3-4,6-7,10-15,20,27-28H,2,5,8-9H2,1H3,(H,26,30)(H,29,31)/b23-21-. The van der Waals surface area contributed by atoms with Crippen molar-refractivity contribution in [2.24, 2.45) is 5.92 Å². The highest BCUT2D eigenvalue weighted by Gasteiger charge is 2.32. The second-order valence-corrected chi connectivity index (χ2v) is 9.45. The van der Waals surface area contributed by atoms with Gasteiger partial charge in [0, 0.05) is 32.7 Å². The molecule has 0 spiro atoms. The minimum atomic E-state index is -0.0818. The number of hydrazine groups is 1. The van der Waals surface area contributed by atoms with E-state index in [4.69, 9.17) is 0 Å². The SMILES string of the molecule is CCCC1NNC(=O)/C1=C1/C=C(Sc2ccc(NC(=O)C3CC3)cc2)c2ccccc2N1. The van der Waals surface area contributed by atoms with Gasteiger partial charge >= 0.3 is 0 Å². The van der Waals surface area contributed by atoms with E-state index in [1.54, 1.807) is 11.8 Å². The Kier molecular flexibility index (Phi) is 5.76. The van der Waals surface area contributed by atoms with Gasteiger partial charge in [-0.25, -0.2) is 5.43 Å². The third-order valence-corrected chi connectivity index (χ3v) is 6.92. The van der Waals surface area contributed by atoms with Crippen LogP contribution in [0.15, 0.2) is 70.8 Å². The second-order valence-electron chi connectivity index (χ2n) is 8.34. The van der Waals surface area contributed by atoms with Crippen molar-refractivity contribution >= 4 is 39.9 Å². The number of amides is 2. The van der Waals surface area contributed by atoms with Gasteiger partial charge in [-0.3, -0.25) is 15.0 Å². The first kappa shape index (κ1) is 20.8. The third-order valence-electron chi connectivity index (χ3n) is 5.86. The number of carbonyl (C=O) groups is 2. The maximum Gasteiger partial charge on any atom is 0.265 e. The molecule has 2 heterocycles. The van der Waals surface area contributed by atoms with Crippen molar-refractivity contribution in [1.82, 2.24) is 10.9 Å². The Morgan fingerprint density at radius 3 is 2.66 bits per heavy atom. The summed E-state index contributed by atoms with van der Waals surface area (Å²) in [6.45, 7) is 2.12. The zero-order valence-corrected chi connectivity index (χ0v) is 18.7. The van der Waals surface area contributed by atoms with Crippen molar-refractivity contribution in [3.05, 3.63) is 71.4 Å². The van der Waals surface area contributed by atoms with Crippen LogP contribution < -0.4 is 21.5 Å². The Bertz CT molecular complexity index is 1120. The van der Waals surface area contributed by atoms with Crippen LogP contribution in [0, 0.1) is 5.92 Å². The Labute approximate surface area is 191 Å². The Morgan fingerprint density at radius 2 is 1.91 bits per heavy atom. The number of anilines is 2.